The number of benzene rings is 1. The van der Waals surface area contributed by atoms with Crippen molar-refractivity contribution in [1.29, 1.82) is 0 Å². The number of aromatic amines is 1. The van der Waals surface area contributed by atoms with Gasteiger partial charge in [0.2, 0.25) is 0 Å². The number of para-hydroxylation sites is 1. The molecule has 0 bridgehead atoms. The van der Waals surface area contributed by atoms with Gasteiger partial charge in [0.05, 0.1) is 0 Å². The molecule has 0 spiro atoms. The first kappa shape index (κ1) is 11.9. The van der Waals surface area contributed by atoms with Crippen molar-refractivity contribution >= 4 is 10.9 Å². The number of H-pyrrole nitrogens is 1. The molecule has 0 aliphatic rings. The minimum Gasteiger partial charge on any atom is -0.322 e. The van der Waals surface area contributed by atoms with Gasteiger partial charge in [0.15, 0.2) is 0 Å². The van der Waals surface area contributed by atoms with Crippen LogP contribution in [-0.2, 0) is 5.41 Å². The fourth-order valence-corrected chi connectivity index (χ4v) is 2.41. The van der Waals surface area contributed by atoms with E-state index >= 15 is 0 Å². The van der Waals surface area contributed by atoms with Crippen LogP contribution >= 0.6 is 0 Å². The number of nitrogens with one attached hydrogen (secondary N) is 1. The molecule has 0 aliphatic carbocycles. The van der Waals surface area contributed by atoms with Crippen LogP contribution in [0.4, 0.5) is 0 Å². The summed E-state index contributed by atoms with van der Waals surface area (Å²) < 4.78 is 0. The maximum Gasteiger partial charge on any atom is 0.252 e. The standard InChI is InChI=1S/C15H19NO/c1-4-9-15(2,3)12-10-11-7-5-6-8-13(11)16-14(12)17/h5-8,10H,4,9H2,1-3H3,(H,16,17). The summed E-state index contributed by atoms with van der Waals surface area (Å²) >= 11 is 0. The molecule has 0 aliphatic heterocycles. The summed E-state index contributed by atoms with van der Waals surface area (Å²) in [5.74, 6) is 0. The van der Waals surface area contributed by atoms with Crippen molar-refractivity contribution < 1.29 is 0 Å². The monoisotopic (exact) mass is 229 g/mol. The maximum absolute atomic E-state index is 12.1. The molecule has 0 radical (unpaired) electrons. The highest BCUT2D eigenvalue weighted by Gasteiger charge is 2.22. The number of hydrogen-bond acceptors (Lipinski definition) is 1. The summed E-state index contributed by atoms with van der Waals surface area (Å²) in [5, 5.41) is 1.10. The van der Waals surface area contributed by atoms with Crippen molar-refractivity contribution in [3.05, 3.63) is 46.2 Å². The lowest BCUT2D eigenvalue weighted by Gasteiger charge is -2.23. The molecule has 0 fully saturated rings. The lowest BCUT2D eigenvalue weighted by atomic mass is 9.81. The fourth-order valence-electron chi connectivity index (χ4n) is 2.41. The average Bonchev–Trinajstić information content (AvgIpc) is 2.27. The van der Waals surface area contributed by atoms with E-state index < -0.39 is 0 Å². The summed E-state index contributed by atoms with van der Waals surface area (Å²) in [5.41, 5.74) is 1.78. The molecule has 1 N–H and O–H groups in total. The van der Waals surface area contributed by atoms with E-state index in [1.807, 2.05) is 30.3 Å². The van der Waals surface area contributed by atoms with Gasteiger partial charge in [-0.05, 0) is 29.4 Å². The van der Waals surface area contributed by atoms with Gasteiger partial charge < -0.3 is 4.98 Å². The second kappa shape index (κ2) is 4.36. The van der Waals surface area contributed by atoms with Crippen LogP contribution in [0.25, 0.3) is 10.9 Å². The van der Waals surface area contributed by atoms with E-state index in [4.69, 9.17) is 0 Å². The Balaban J connectivity index is 2.62. The van der Waals surface area contributed by atoms with Gasteiger partial charge in [0.1, 0.15) is 0 Å². The molecule has 0 amide bonds. The van der Waals surface area contributed by atoms with Gasteiger partial charge in [-0.15, -0.1) is 0 Å². The summed E-state index contributed by atoms with van der Waals surface area (Å²) in [6, 6.07) is 9.94. The molecule has 2 heteroatoms. The highest BCUT2D eigenvalue weighted by atomic mass is 16.1. The smallest absolute Gasteiger partial charge is 0.252 e. The number of rotatable bonds is 3. The third-order valence-electron chi connectivity index (χ3n) is 3.36. The van der Waals surface area contributed by atoms with Crippen molar-refractivity contribution in [2.24, 2.45) is 0 Å². The number of aromatic nitrogens is 1. The van der Waals surface area contributed by atoms with Crippen LogP contribution in [0.3, 0.4) is 0 Å². The van der Waals surface area contributed by atoms with Gasteiger partial charge in [-0.25, -0.2) is 0 Å². The van der Waals surface area contributed by atoms with Gasteiger partial charge in [-0.1, -0.05) is 45.4 Å². The van der Waals surface area contributed by atoms with Crippen LogP contribution < -0.4 is 5.56 Å². The molecule has 2 nitrogen and oxygen atoms in total. The van der Waals surface area contributed by atoms with Crippen molar-refractivity contribution in [2.45, 2.75) is 39.0 Å². The highest BCUT2D eigenvalue weighted by molar-refractivity contribution is 5.78. The third-order valence-corrected chi connectivity index (χ3v) is 3.36. The zero-order chi connectivity index (χ0) is 12.5. The van der Waals surface area contributed by atoms with Crippen molar-refractivity contribution in [3.8, 4) is 0 Å². The molecule has 0 saturated heterocycles. The van der Waals surface area contributed by atoms with Crippen molar-refractivity contribution in [1.82, 2.24) is 4.98 Å². The molecule has 0 atom stereocenters. The van der Waals surface area contributed by atoms with Gasteiger partial charge in [-0.2, -0.15) is 0 Å². The van der Waals surface area contributed by atoms with Gasteiger partial charge in [0, 0.05) is 11.1 Å². The van der Waals surface area contributed by atoms with Crippen LogP contribution in [-0.4, -0.2) is 4.98 Å². The van der Waals surface area contributed by atoms with Crippen molar-refractivity contribution in [2.75, 3.05) is 0 Å². The highest BCUT2D eigenvalue weighted by Crippen LogP contribution is 2.27. The molecule has 2 aromatic rings. The Morgan fingerprint density at radius 3 is 2.65 bits per heavy atom. The molecule has 0 saturated carbocycles. The van der Waals surface area contributed by atoms with Gasteiger partial charge >= 0.3 is 0 Å². The van der Waals surface area contributed by atoms with Gasteiger partial charge in [-0.3, -0.25) is 4.79 Å². The minimum absolute atomic E-state index is 0.0437. The van der Waals surface area contributed by atoms with Crippen LogP contribution in [0, 0.1) is 0 Å². The molecule has 17 heavy (non-hydrogen) atoms. The molecule has 1 heterocycles. The zero-order valence-electron chi connectivity index (χ0n) is 10.7. The quantitative estimate of drug-likeness (QED) is 0.857. The van der Waals surface area contributed by atoms with E-state index in [0.717, 1.165) is 29.3 Å². The van der Waals surface area contributed by atoms with E-state index in [-0.39, 0.29) is 11.0 Å². The van der Waals surface area contributed by atoms with E-state index in [2.05, 4.69) is 25.8 Å². The fraction of sp³-hybridized carbons (Fsp3) is 0.400. The second-order valence-corrected chi connectivity index (χ2v) is 5.23. The van der Waals surface area contributed by atoms with Gasteiger partial charge in [0.25, 0.3) is 5.56 Å². The maximum atomic E-state index is 12.1. The van der Waals surface area contributed by atoms with Crippen LogP contribution in [0.15, 0.2) is 35.1 Å². The predicted molar refractivity (Wildman–Crippen MR) is 72.5 cm³/mol. The SMILES string of the molecule is CCCC(C)(C)c1cc2ccccc2[nH]c1=O. The lowest BCUT2D eigenvalue weighted by molar-refractivity contribution is 0.469. The Bertz CT molecular complexity index is 581. The molecular formula is C15H19NO. The van der Waals surface area contributed by atoms with Crippen molar-refractivity contribution in [3.63, 3.8) is 0 Å². The molecule has 0 unspecified atom stereocenters. The molecule has 1 aromatic carbocycles. The first-order valence-corrected chi connectivity index (χ1v) is 6.17. The molecule has 1 aromatic heterocycles. The van der Waals surface area contributed by atoms with E-state index in [9.17, 15) is 4.79 Å². The Morgan fingerprint density at radius 1 is 1.24 bits per heavy atom. The predicted octanol–water partition coefficient (Wildman–Crippen LogP) is 3.61. The zero-order valence-corrected chi connectivity index (χ0v) is 10.7. The van der Waals surface area contributed by atoms with Crippen LogP contribution in [0.5, 0.6) is 0 Å². The van der Waals surface area contributed by atoms with E-state index in [1.54, 1.807) is 0 Å². The molecular weight excluding hydrogens is 210 g/mol. The molecule has 2 rings (SSSR count). The average molecular weight is 229 g/mol. The third kappa shape index (κ3) is 2.26. The summed E-state index contributed by atoms with van der Waals surface area (Å²) in [4.78, 5) is 15.1. The largest absolute Gasteiger partial charge is 0.322 e. The van der Waals surface area contributed by atoms with E-state index in [0.29, 0.717) is 0 Å². The summed E-state index contributed by atoms with van der Waals surface area (Å²) in [7, 11) is 0. The first-order valence-electron chi connectivity index (χ1n) is 6.17. The number of fused-ring (bicyclic) bond motifs is 1. The minimum atomic E-state index is -0.0631. The molecule has 90 valence electrons. The Labute approximate surface area is 102 Å². The first-order chi connectivity index (χ1) is 8.04. The Hall–Kier alpha value is -1.57. The van der Waals surface area contributed by atoms with E-state index in [1.165, 1.54) is 0 Å². The number of hydrogen-bond donors (Lipinski definition) is 1. The Kier molecular flexibility index (Phi) is 3.05. The summed E-state index contributed by atoms with van der Waals surface area (Å²) in [6.07, 6.45) is 2.10. The lowest BCUT2D eigenvalue weighted by Crippen LogP contribution is -2.27. The summed E-state index contributed by atoms with van der Waals surface area (Å²) in [6.45, 7) is 6.42. The number of pyridine rings is 1. The topological polar surface area (TPSA) is 32.9 Å². The second-order valence-electron chi connectivity index (χ2n) is 5.23. The normalized spacial score (nSPS) is 11.9. The van der Waals surface area contributed by atoms with Crippen LogP contribution in [0.1, 0.15) is 39.2 Å². The van der Waals surface area contributed by atoms with Crippen LogP contribution in [0.2, 0.25) is 0 Å². The Morgan fingerprint density at radius 2 is 1.94 bits per heavy atom.